The van der Waals surface area contributed by atoms with E-state index in [-0.39, 0.29) is 9.92 Å². The fraction of sp³-hybridized carbons (Fsp3) is 0.250. The number of hydrogen-bond acceptors (Lipinski definition) is 5. The summed E-state index contributed by atoms with van der Waals surface area (Å²) in [6.45, 7) is 3.30. The molecule has 0 unspecified atom stereocenters. The third-order valence-electron chi connectivity index (χ3n) is 2.54. The molecule has 0 aliphatic heterocycles. The monoisotopic (exact) mass is 263 g/mol. The van der Waals surface area contributed by atoms with E-state index in [4.69, 9.17) is 0 Å². The van der Waals surface area contributed by atoms with Gasteiger partial charge in [0, 0.05) is 30.2 Å². The van der Waals surface area contributed by atoms with Crippen molar-refractivity contribution < 1.29 is 4.92 Å². The fourth-order valence-electron chi connectivity index (χ4n) is 1.57. The van der Waals surface area contributed by atoms with Crippen LogP contribution in [0.25, 0.3) is 0 Å². The van der Waals surface area contributed by atoms with E-state index in [0.29, 0.717) is 13.1 Å². The topological polar surface area (TPSA) is 68.1 Å². The second-order valence-electron chi connectivity index (χ2n) is 3.87. The number of nitro groups is 1. The number of rotatable bonds is 5. The predicted octanol–water partition coefficient (Wildman–Crippen LogP) is 2.65. The third-order valence-corrected chi connectivity index (χ3v) is 3.57. The largest absolute Gasteiger partial charge is 0.324 e. The van der Waals surface area contributed by atoms with E-state index in [0.717, 1.165) is 16.1 Å². The molecule has 0 aliphatic carbocycles. The normalized spacial score (nSPS) is 10.5. The van der Waals surface area contributed by atoms with E-state index in [1.807, 2.05) is 19.1 Å². The van der Waals surface area contributed by atoms with Crippen molar-refractivity contribution in [3.63, 3.8) is 0 Å². The molecule has 0 saturated carbocycles. The lowest BCUT2D eigenvalue weighted by atomic mass is 10.2. The van der Waals surface area contributed by atoms with E-state index < -0.39 is 0 Å². The Kier molecular flexibility index (Phi) is 4.01. The molecule has 0 fully saturated rings. The average molecular weight is 263 g/mol. The maximum atomic E-state index is 10.5. The number of nitrogens with zero attached hydrogens (tertiary/aromatic N) is 2. The van der Waals surface area contributed by atoms with Gasteiger partial charge in [-0.15, -0.1) is 0 Å². The minimum atomic E-state index is -0.364. The van der Waals surface area contributed by atoms with Gasteiger partial charge in [-0.2, -0.15) is 0 Å². The molecular weight excluding hydrogens is 250 g/mol. The lowest BCUT2D eigenvalue weighted by molar-refractivity contribution is -0.380. The SMILES string of the molecule is Cc1cccnc1CNCc1ccc([N+](=O)[O-])s1. The Morgan fingerprint density at radius 2 is 2.22 bits per heavy atom. The molecule has 0 spiro atoms. The number of thiophene rings is 1. The van der Waals surface area contributed by atoms with Crippen LogP contribution in [-0.4, -0.2) is 9.91 Å². The number of nitrogens with one attached hydrogen (secondary N) is 1. The lowest BCUT2D eigenvalue weighted by Gasteiger charge is -2.05. The Bertz CT molecular complexity index is 554. The van der Waals surface area contributed by atoms with Gasteiger partial charge in [0.25, 0.3) is 0 Å². The quantitative estimate of drug-likeness (QED) is 0.665. The van der Waals surface area contributed by atoms with Crippen molar-refractivity contribution in [1.29, 1.82) is 0 Å². The molecule has 0 amide bonds. The van der Waals surface area contributed by atoms with Gasteiger partial charge in [-0.05, 0) is 24.6 Å². The first kappa shape index (κ1) is 12.7. The molecule has 6 heteroatoms. The highest BCUT2D eigenvalue weighted by atomic mass is 32.1. The molecular formula is C12H13N3O2S. The van der Waals surface area contributed by atoms with Crippen LogP contribution in [0, 0.1) is 17.0 Å². The number of pyridine rings is 1. The smallest absolute Gasteiger partial charge is 0.306 e. The molecule has 2 aromatic rings. The Labute approximate surface area is 109 Å². The Balaban J connectivity index is 1.88. The van der Waals surface area contributed by atoms with Crippen LogP contribution < -0.4 is 5.32 Å². The molecule has 0 radical (unpaired) electrons. The first-order chi connectivity index (χ1) is 8.66. The van der Waals surface area contributed by atoms with Crippen LogP contribution in [0.2, 0.25) is 0 Å². The summed E-state index contributed by atoms with van der Waals surface area (Å²) in [6, 6.07) is 7.23. The summed E-state index contributed by atoms with van der Waals surface area (Å²) in [4.78, 5) is 15.4. The highest BCUT2D eigenvalue weighted by molar-refractivity contribution is 7.15. The maximum Gasteiger partial charge on any atom is 0.324 e. The first-order valence-corrected chi connectivity index (χ1v) is 6.33. The molecule has 0 aliphatic rings. The summed E-state index contributed by atoms with van der Waals surface area (Å²) in [5.74, 6) is 0. The minimum absolute atomic E-state index is 0.181. The zero-order chi connectivity index (χ0) is 13.0. The molecule has 0 atom stereocenters. The zero-order valence-corrected chi connectivity index (χ0v) is 10.7. The molecule has 2 rings (SSSR count). The van der Waals surface area contributed by atoms with Crippen molar-refractivity contribution in [2.45, 2.75) is 20.0 Å². The molecule has 0 bridgehead atoms. The maximum absolute atomic E-state index is 10.5. The van der Waals surface area contributed by atoms with Gasteiger partial charge >= 0.3 is 5.00 Å². The van der Waals surface area contributed by atoms with Crippen molar-refractivity contribution in [2.75, 3.05) is 0 Å². The van der Waals surface area contributed by atoms with Crippen molar-refractivity contribution in [3.8, 4) is 0 Å². The van der Waals surface area contributed by atoms with Crippen molar-refractivity contribution >= 4 is 16.3 Å². The molecule has 2 heterocycles. The van der Waals surface area contributed by atoms with Crippen LogP contribution >= 0.6 is 11.3 Å². The van der Waals surface area contributed by atoms with Crippen molar-refractivity contribution in [3.05, 3.63) is 56.7 Å². The van der Waals surface area contributed by atoms with E-state index in [2.05, 4.69) is 10.3 Å². The average Bonchev–Trinajstić information content (AvgIpc) is 2.80. The Morgan fingerprint density at radius 1 is 1.39 bits per heavy atom. The van der Waals surface area contributed by atoms with Crippen LogP contribution in [0.3, 0.4) is 0 Å². The standard InChI is InChI=1S/C12H13N3O2S/c1-9-3-2-6-14-11(9)8-13-7-10-4-5-12(18-10)15(16)17/h2-6,13H,7-8H2,1H3. The Morgan fingerprint density at radius 3 is 2.89 bits per heavy atom. The Hall–Kier alpha value is -1.79. The molecule has 1 N–H and O–H groups in total. The third kappa shape index (κ3) is 3.12. The number of aromatic nitrogens is 1. The van der Waals surface area contributed by atoms with Crippen molar-refractivity contribution in [2.24, 2.45) is 0 Å². The van der Waals surface area contributed by atoms with Crippen LogP contribution in [0.5, 0.6) is 0 Å². The van der Waals surface area contributed by atoms with E-state index >= 15 is 0 Å². The number of aryl methyl sites for hydroxylation is 1. The van der Waals surface area contributed by atoms with Gasteiger partial charge in [-0.3, -0.25) is 15.1 Å². The van der Waals surface area contributed by atoms with E-state index in [1.165, 1.54) is 17.4 Å². The molecule has 18 heavy (non-hydrogen) atoms. The summed E-state index contributed by atoms with van der Waals surface area (Å²) >= 11 is 1.20. The molecule has 94 valence electrons. The molecule has 5 nitrogen and oxygen atoms in total. The summed E-state index contributed by atoms with van der Waals surface area (Å²) in [7, 11) is 0. The van der Waals surface area contributed by atoms with E-state index in [9.17, 15) is 10.1 Å². The molecule has 0 saturated heterocycles. The summed E-state index contributed by atoms with van der Waals surface area (Å²) in [5, 5.41) is 14.0. The van der Waals surface area contributed by atoms with Gasteiger partial charge in [-0.25, -0.2) is 0 Å². The van der Waals surface area contributed by atoms with Gasteiger partial charge in [0.15, 0.2) is 0 Å². The first-order valence-electron chi connectivity index (χ1n) is 5.51. The summed E-state index contributed by atoms with van der Waals surface area (Å²) in [5.41, 5.74) is 2.14. The molecule has 2 aromatic heterocycles. The van der Waals surface area contributed by atoms with Crippen LogP contribution in [0.1, 0.15) is 16.1 Å². The highest BCUT2D eigenvalue weighted by Gasteiger charge is 2.09. The van der Waals surface area contributed by atoms with Crippen LogP contribution in [-0.2, 0) is 13.1 Å². The minimum Gasteiger partial charge on any atom is -0.306 e. The van der Waals surface area contributed by atoms with Crippen molar-refractivity contribution in [1.82, 2.24) is 10.3 Å². The number of hydrogen-bond donors (Lipinski definition) is 1. The second-order valence-corrected chi connectivity index (χ2v) is 5.01. The second kappa shape index (κ2) is 5.70. The lowest BCUT2D eigenvalue weighted by Crippen LogP contribution is -2.13. The fourth-order valence-corrected chi connectivity index (χ4v) is 2.36. The van der Waals surface area contributed by atoms with Gasteiger partial charge in [0.05, 0.1) is 10.6 Å². The zero-order valence-electron chi connectivity index (χ0n) is 9.92. The molecule has 0 aromatic carbocycles. The van der Waals surface area contributed by atoms with Gasteiger partial charge in [0.2, 0.25) is 0 Å². The predicted molar refractivity (Wildman–Crippen MR) is 70.5 cm³/mol. The van der Waals surface area contributed by atoms with Gasteiger partial charge in [-0.1, -0.05) is 17.4 Å². The van der Waals surface area contributed by atoms with Gasteiger partial charge in [0.1, 0.15) is 0 Å². The summed E-state index contributed by atoms with van der Waals surface area (Å²) < 4.78 is 0. The van der Waals surface area contributed by atoms with E-state index in [1.54, 1.807) is 12.3 Å². The van der Waals surface area contributed by atoms with Crippen LogP contribution in [0.15, 0.2) is 30.5 Å². The highest BCUT2D eigenvalue weighted by Crippen LogP contribution is 2.23. The van der Waals surface area contributed by atoms with Crippen LogP contribution in [0.4, 0.5) is 5.00 Å². The van der Waals surface area contributed by atoms with Gasteiger partial charge < -0.3 is 5.32 Å². The summed E-state index contributed by atoms with van der Waals surface area (Å²) in [6.07, 6.45) is 1.76.